The van der Waals surface area contributed by atoms with Gasteiger partial charge in [-0.05, 0) is 116 Å². The molecule has 9 nitrogen and oxygen atoms in total. The van der Waals surface area contributed by atoms with Crippen molar-refractivity contribution >= 4 is 17.9 Å². The van der Waals surface area contributed by atoms with Crippen LogP contribution in [0.1, 0.15) is 181 Å². The van der Waals surface area contributed by atoms with E-state index in [-0.39, 0.29) is 38.6 Å². The van der Waals surface area contributed by atoms with Crippen LogP contribution < -0.4 is 0 Å². The molecule has 0 aliphatic rings. The monoisotopic (exact) mass is 1010 g/mol. The lowest BCUT2D eigenvalue weighted by Gasteiger charge is -2.25. The second-order valence-corrected chi connectivity index (χ2v) is 19.1. The maximum absolute atomic E-state index is 12.9. The van der Waals surface area contributed by atoms with Crippen molar-refractivity contribution in [1.82, 2.24) is 0 Å². The standard InChI is InChI=1S/C64H101NO8/c1-6-8-10-12-14-16-18-20-22-23-24-25-26-27-28-29-30-31-32-33-34-35-36-37-38-39-41-43-45-47-49-51-53-55-62(67)73-60(59-72-64(63(68)69)70-57-56-65(3,4)5)58-71-61(66)54-52-50-48-46-44-42-40-21-19-17-15-13-11-9-7-2/h8-11,14-17,20-22,24-25,27-28,30-31,33-34,36-37,39-41,60,64H,6-7,12-13,18-19,23,26,29,32,35,38,42-59H2,1-5H3/p+1/b10-8-,11-9-,16-14-,17-15-,22-20-,25-24-,28-27-,31-30-,34-33-,37-36-,40-21-,41-39-. The van der Waals surface area contributed by atoms with Gasteiger partial charge in [-0.3, -0.25) is 9.59 Å². The number of carboxylic acids is 1. The summed E-state index contributed by atoms with van der Waals surface area (Å²) < 4.78 is 22.8. The minimum absolute atomic E-state index is 0.172. The van der Waals surface area contributed by atoms with Crippen LogP contribution in [0.15, 0.2) is 146 Å². The van der Waals surface area contributed by atoms with Gasteiger partial charge in [0, 0.05) is 12.8 Å². The predicted molar refractivity (Wildman–Crippen MR) is 308 cm³/mol. The first-order valence-electron chi connectivity index (χ1n) is 28.0. The van der Waals surface area contributed by atoms with Gasteiger partial charge < -0.3 is 28.5 Å². The first-order valence-corrected chi connectivity index (χ1v) is 28.0. The Bertz CT molecular complexity index is 1700. The molecule has 2 atom stereocenters. The Morgan fingerprint density at radius 3 is 1.10 bits per heavy atom. The van der Waals surface area contributed by atoms with Crippen molar-refractivity contribution in [3.63, 3.8) is 0 Å². The Morgan fingerprint density at radius 1 is 0.411 bits per heavy atom. The van der Waals surface area contributed by atoms with E-state index in [1.54, 1.807) is 0 Å². The van der Waals surface area contributed by atoms with Gasteiger partial charge in [-0.2, -0.15) is 0 Å². The Kier molecular flexibility index (Phi) is 49.9. The molecule has 0 saturated carbocycles. The number of carbonyl (C=O) groups excluding carboxylic acids is 2. The van der Waals surface area contributed by atoms with Gasteiger partial charge in [0.05, 0.1) is 34.4 Å². The van der Waals surface area contributed by atoms with Crippen LogP contribution in [0.2, 0.25) is 0 Å². The van der Waals surface area contributed by atoms with Crippen LogP contribution in [0.25, 0.3) is 0 Å². The fourth-order valence-corrected chi connectivity index (χ4v) is 6.84. The zero-order valence-corrected chi connectivity index (χ0v) is 46.5. The number of unbranched alkanes of at least 4 members (excludes halogenated alkanes) is 10. The van der Waals surface area contributed by atoms with Gasteiger partial charge in [-0.25, -0.2) is 4.79 Å². The van der Waals surface area contributed by atoms with E-state index in [1.165, 1.54) is 0 Å². The first kappa shape index (κ1) is 68.2. The molecule has 0 saturated heterocycles. The van der Waals surface area contributed by atoms with Crippen LogP contribution in [0.3, 0.4) is 0 Å². The van der Waals surface area contributed by atoms with E-state index in [0.717, 1.165) is 141 Å². The fourth-order valence-electron chi connectivity index (χ4n) is 6.84. The summed E-state index contributed by atoms with van der Waals surface area (Å²) in [5.41, 5.74) is 0. The molecule has 410 valence electrons. The van der Waals surface area contributed by atoms with Crippen molar-refractivity contribution in [2.75, 3.05) is 47.5 Å². The number of rotatable bonds is 49. The number of likely N-dealkylation sites (N-methyl/N-ethyl adjacent to an activating group) is 1. The summed E-state index contributed by atoms with van der Waals surface area (Å²) in [7, 11) is 5.94. The number of quaternary nitrogens is 1. The minimum Gasteiger partial charge on any atom is -0.477 e. The molecule has 73 heavy (non-hydrogen) atoms. The van der Waals surface area contributed by atoms with Crippen molar-refractivity contribution in [3.8, 4) is 0 Å². The molecular formula is C64H102NO8+. The number of allylic oxidation sites excluding steroid dienone is 24. The highest BCUT2D eigenvalue weighted by Gasteiger charge is 2.25. The molecule has 2 unspecified atom stereocenters. The molecule has 0 aromatic rings. The van der Waals surface area contributed by atoms with Gasteiger partial charge in [-0.1, -0.05) is 198 Å². The average Bonchev–Trinajstić information content (AvgIpc) is 3.36. The van der Waals surface area contributed by atoms with Crippen LogP contribution in [0.5, 0.6) is 0 Å². The van der Waals surface area contributed by atoms with E-state index in [0.29, 0.717) is 23.9 Å². The number of hydrogen-bond donors (Lipinski definition) is 1. The average molecular weight is 1010 g/mol. The molecular weight excluding hydrogens is 911 g/mol. The van der Waals surface area contributed by atoms with Gasteiger partial charge in [0.2, 0.25) is 0 Å². The minimum atomic E-state index is -1.53. The summed E-state index contributed by atoms with van der Waals surface area (Å²) in [5.74, 6) is -2.08. The zero-order chi connectivity index (χ0) is 53.4. The van der Waals surface area contributed by atoms with Gasteiger partial charge in [0.1, 0.15) is 13.2 Å². The van der Waals surface area contributed by atoms with Gasteiger partial charge in [0.15, 0.2) is 6.10 Å². The molecule has 0 amide bonds. The Morgan fingerprint density at radius 2 is 0.740 bits per heavy atom. The Hall–Kier alpha value is -4.83. The van der Waals surface area contributed by atoms with E-state index < -0.39 is 24.3 Å². The first-order chi connectivity index (χ1) is 35.6. The molecule has 0 aliphatic heterocycles. The summed E-state index contributed by atoms with van der Waals surface area (Å²) in [6, 6.07) is 0. The van der Waals surface area contributed by atoms with Crippen LogP contribution in [-0.4, -0.2) is 87.4 Å². The van der Waals surface area contributed by atoms with Crippen molar-refractivity contribution < 1.29 is 42.9 Å². The molecule has 0 aromatic heterocycles. The Labute approximate surface area is 445 Å². The maximum Gasteiger partial charge on any atom is 0.361 e. The molecule has 0 heterocycles. The third-order valence-corrected chi connectivity index (χ3v) is 11.1. The summed E-state index contributed by atoms with van der Waals surface area (Å²) in [6.07, 6.45) is 74.9. The second kappa shape index (κ2) is 53.5. The molecule has 0 spiro atoms. The van der Waals surface area contributed by atoms with Crippen molar-refractivity contribution in [1.29, 1.82) is 0 Å². The topological polar surface area (TPSA) is 108 Å². The van der Waals surface area contributed by atoms with E-state index in [4.69, 9.17) is 18.9 Å². The maximum atomic E-state index is 12.9. The third-order valence-electron chi connectivity index (χ3n) is 11.1. The van der Waals surface area contributed by atoms with Gasteiger partial charge >= 0.3 is 17.9 Å². The second-order valence-electron chi connectivity index (χ2n) is 19.1. The number of aliphatic carboxylic acids is 1. The number of nitrogens with zero attached hydrogens (tertiary/aromatic N) is 1. The lowest BCUT2D eigenvalue weighted by atomic mass is 10.1. The van der Waals surface area contributed by atoms with Crippen LogP contribution >= 0.6 is 0 Å². The lowest BCUT2D eigenvalue weighted by molar-refractivity contribution is -0.870. The highest BCUT2D eigenvalue weighted by atomic mass is 16.7. The molecule has 0 fully saturated rings. The van der Waals surface area contributed by atoms with Crippen LogP contribution in [0, 0.1) is 0 Å². The van der Waals surface area contributed by atoms with Crippen molar-refractivity contribution in [2.45, 2.75) is 193 Å². The molecule has 0 bridgehead atoms. The summed E-state index contributed by atoms with van der Waals surface area (Å²) in [5, 5.41) is 9.68. The lowest BCUT2D eigenvalue weighted by Crippen LogP contribution is -2.40. The Balaban J connectivity index is 4.34. The quantitative estimate of drug-likeness (QED) is 0.0211. The highest BCUT2D eigenvalue weighted by molar-refractivity contribution is 5.71. The molecule has 1 N–H and O–H groups in total. The van der Waals surface area contributed by atoms with E-state index >= 15 is 0 Å². The van der Waals surface area contributed by atoms with E-state index in [9.17, 15) is 19.5 Å². The number of carbonyl (C=O) groups is 3. The molecule has 0 radical (unpaired) electrons. The normalized spacial score (nSPS) is 13.9. The predicted octanol–water partition coefficient (Wildman–Crippen LogP) is 16.4. The van der Waals surface area contributed by atoms with Crippen LogP contribution in [-0.2, 0) is 33.3 Å². The number of hydrogen-bond acceptors (Lipinski definition) is 7. The zero-order valence-electron chi connectivity index (χ0n) is 46.5. The summed E-state index contributed by atoms with van der Waals surface area (Å²) in [6.45, 7) is 4.57. The van der Waals surface area contributed by atoms with Crippen LogP contribution in [0.4, 0.5) is 0 Å². The van der Waals surface area contributed by atoms with Crippen molar-refractivity contribution in [2.24, 2.45) is 0 Å². The smallest absolute Gasteiger partial charge is 0.361 e. The molecule has 9 heteroatoms. The number of carboxylic acid groups (broad SMARTS) is 1. The SMILES string of the molecule is CC/C=C\C/C=C\C/C=C\C/C=C\C/C=C\C/C=C\C/C=C\C/C=C\C/C=C\CCCCCCCC(=O)OC(COC(=O)CCCCCCC/C=C\C/C=C\C/C=C\CC)COC(OCC[N+](C)(C)C)C(=O)O. The van der Waals surface area contributed by atoms with Crippen molar-refractivity contribution in [3.05, 3.63) is 146 Å². The molecule has 0 aromatic carbocycles. The number of ether oxygens (including phenoxy) is 4. The summed E-state index contributed by atoms with van der Waals surface area (Å²) >= 11 is 0. The fraction of sp³-hybridized carbons (Fsp3) is 0.578. The van der Waals surface area contributed by atoms with E-state index in [2.05, 4.69) is 160 Å². The third kappa shape index (κ3) is 54.8. The summed E-state index contributed by atoms with van der Waals surface area (Å²) in [4.78, 5) is 37.3. The molecule has 0 rings (SSSR count). The van der Waals surface area contributed by atoms with E-state index in [1.807, 2.05) is 21.1 Å². The highest BCUT2D eigenvalue weighted by Crippen LogP contribution is 2.13. The molecule has 0 aliphatic carbocycles. The van der Waals surface area contributed by atoms with Gasteiger partial charge in [-0.15, -0.1) is 0 Å². The number of esters is 2. The van der Waals surface area contributed by atoms with Gasteiger partial charge in [0.25, 0.3) is 6.29 Å². The largest absolute Gasteiger partial charge is 0.477 e.